The summed E-state index contributed by atoms with van der Waals surface area (Å²) in [6.45, 7) is 0. The van der Waals surface area contributed by atoms with Crippen LogP contribution in [-0.2, 0) is 0 Å². The van der Waals surface area contributed by atoms with Crippen LogP contribution in [0.15, 0.2) is 34.6 Å². The zero-order valence-corrected chi connectivity index (χ0v) is 12.0. The maximum atomic E-state index is 11.6. The number of carbonyl (C=O) groups excluding carboxylic acids is 1. The fourth-order valence-corrected chi connectivity index (χ4v) is 2.32. The van der Waals surface area contributed by atoms with Crippen LogP contribution in [0.1, 0.15) is 10.4 Å². The Kier molecular flexibility index (Phi) is 4.31. The maximum absolute atomic E-state index is 11.6. The second-order valence-corrected chi connectivity index (χ2v) is 4.79. The number of anilines is 1. The van der Waals surface area contributed by atoms with E-state index in [9.17, 15) is 4.79 Å². The Morgan fingerprint density at radius 1 is 1.45 bits per heavy atom. The first-order valence-electron chi connectivity index (χ1n) is 5.91. The predicted octanol–water partition coefficient (Wildman–Crippen LogP) is 1.53. The Bertz CT molecular complexity index is 650. The van der Waals surface area contributed by atoms with Gasteiger partial charge < -0.3 is 16.4 Å². The van der Waals surface area contributed by atoms with Gasteiger partial charge in [-0.15, -0.1) is 11.3 Å². The fourth-order valence-electron chi connectivity index (χ4n) is 1.59. The summed E-state index contributed by atoms with van der Waals surface area (Å²) in [4.78, 5) is 19.8. The number of hydrogen-bond donors (Lipinski definition) is 3. The van der Waals surface area contributed by atoms with Gasteiger partial charge in [-0.2, -0.15) is 0 Å². The molecule has 0 saturated carbocycles. The van der Waals surface area contributed by atoms with E-state index in [1.807, 2.05) is 17.5 Å². The lowest BCUT2D eigenvalue weighted by molar-refractivity contribution is 0.0963. The van der Waals surface area contributed by atoms with Crippen LogP contribution in [0.4, 0.5) is 5.13 Å². The molecule has 0 aliphatic heterocycles. The lowest BCUT2D eigenvalue weighted by Crippen LogP contribution is -2.21. The number of aliphatic imine (C=N–C) groups is 1. The molecule has 0 bridgehead atoms. The number of carbonyl (C=O) groups is 1. The van der Waals surface area contributed by atoms with Gasteiger partial charge in [0.05, 0.1) is 5.69 Å². The molecule has 0 fully saturated rings. The minimum Gasteiger partial charge on any atom is -0.370 e. The van der Waals surface area contributed by atoms with Crippen molar-refractivity contribution >= 4 is 28.3 Å². The number of thiazole rings is 1. The van der Waals surface area contributed by atoms with Gasteiger partial charge in [-0.05, 0) is 12.1 Å². The molecule has 1 aromatic heterocycles. The lowest BCUT2D eigenvalue weighted by Gasteiger charge is -2.02. The topological polar surface area (TPSA) is 92.4 Å². The van der Waals surface area contributed by atoms with Crippen molar-refractivity contribution in [1.82, 2.24) is 10.3 Å². The van der Waals surface area contributed by atoms with Gasteiger partial charge >= 0.3 is 0 Å². The highest BCUT2D eigenvalue weighted by molar-refractivity contribution is 7.14. The molecule has 104 valence electrons. The largest absolute Gasteiger partial charge is 0.370 e. The van der Waals surface area contributed by atoms with Gasteiger partial charge in [0.1, 0.15) is 0 Å². The fraction of sp³-hybridized carbons (Fsp3) is 0.154. The number of nitrogens with two attached hydrogens (primary N) is 1. The molecule has 0 atom stereocenters. The van der Waals surface area contributed by atoms with Crippen molar-refractivity contribution in [2.24, 2.45) is 10.7 Å². The molecule has 4 N–H and O–H groups in total. The number of amides is 1. The predicted molar refractivity (Wildman–Crippen MR) is 82.1 cm³/mol. The first-order chi connectivity index (χ1) is 9.63. The summed E-state index contributed by atoms with van der Waals surface area (Å²) in [6.07, 6.45) is 0. The van der Waals surface area contributed by atoms with E-state index >= 15 is 0 Å². The van der Waals surface area contributed by atoms with Gasteiger partial charge in [0.2, 0.25) is 0 Å². The standard InChI is InChI=1S/C13H15N5OS/c1-15-11(19)9-5-3-4-8(6-9)10-7-20-13(17-10)18-12(14)16-2/h3-7H,1-2H3,(H,15,19)(H3,14,16,17,18). The van der Waals surface area contributed by atoms with Gasteiger partial charge in [0, 0.05) is 30.6 Å². The van der Waals surface area contributed by atoms with Gasteiger partial charge in [0.25, 0.3) is 5.91 Å². The van der Waals surface area contributed by atoms with Crippen LogP contribution in [0.2, 0.25) is 0 Å². The van der Waals surface area contributed by atoms with Gasteiger partial charge in [-0.25, -0.2) is 4.98 Å². The Morgan fingerprint density at radius 3 is 2.95 bits per heavy atom. The van der Waals surface area contributed by atoms with Crippen LogP contribution >= 0.6 is 11.3 Å². The van der Waals surface area contributed by atoms with Gasteiger partial charge in [-0.1, -0.05) is 12.1 Å². The van der Waals surface area contributed by atoms with E-state index in [-0.39, 0.29) is 5.91 Å². The summed E-state index contributed by atoms with van der Waals surface area (Å²) in [5.41, 5.74) is 7.85. The van der Waals surface area contributed by atoms with Crippen molar-refractivity contribution in [3.63, 3.8) is 0 Å². The SMILES string of the molecule is CN=C(N)Nc1nc(-c2cccc(C(=O)NC)c2)cs1. The molecule has 6 nitrogen and oxygen atoms in total. The van der Waals surface area contributed by atoms with E-state index in [0.717, 1.165) is 11.3 Å². The summed E-state index contributed by atoms with van der Waals surface area (Å²) in [6, 6.07) is 7.29. The van der Waals surface area contributed by atoms with Crippen molar-refractivity contribution in [1.29, 1.82) is 0 Å². The minimum atomic E-state index is -0.122. The molecule has 0 aliphatic rings. The number of nitrogens with one attached hydrogen (secondary N) is 2. The Hall–Kier alpha value is -2.41. The van der Waals surface area contributed by atoms with E-state index in [2.05, 4.69) is 20.6 Å². The number of hydrogen-bond acceptors (Lipinski definition) is 4. The molecule has 0 radical (unpaired) electrons. The third kappa shape index (κ3) is 3.12. The zero-order valence-electron chi connectivity index (χ0n) is 11.2. The van der Waals surface area contributed by atoms with E-state index in [0.29, 0.717) is 16.7 Å². The minimum absolute atomic E-state index is 0.122. The Morgan fingerprint density at radius 2 is 2.25 bits per heavy atom. The molecular weight excluding hydrogens is 274 g/mol. The summed E-state index contributed by atoms with van der Waals surface area (Å²) in [5, 5.41) is 8.04. The molecule has 1 aromatic carbocycles. The molecule has 0 saturated heterocycles. The van der Waals surface area contributed by atoms with Crippen LogP contribution in [0.25, 0.3) is 11.3 Å². The monoisotopic (exact) mass is 289 g/mol. The van der Waals surface area contributed by atoms with Crippen molar-refractivity contribution in [2.45, 2.75) is 0 Å². The van der Waals surface area contributed by atoms with Crippen molar-refractivity contribution < 1.29 is 4.79 Å². The second-order valence-electron chi connectivity index (χ2n) is 3.93. The van der Waals surface area contributed by atoms with Gasteiger partial charge in [0.15, 0.2) is 11.1 Å². The third-order valence-electron chi connectivity index (χ3n) is 2.63. The first kappa shape index (κ1) is 14.0. The zero-order chi connectivity index (χ0) is 14.5. The Labute approximate surface area is 120 Å². The molecule has 2 rings (SSSR count). The van der Waals surface area contributed by atoms with Crippen molar-refractivity contribution in [3.05, 3.63) is 35.2 Å². The van der Waals surface area contributed by atoms with E-state index in [1.165, 1.54) is 11.3 Å². The van der Waals surface area contributed by atoms with Crippen LogP contribution < -0.4 is 16.4 Å². The average Bonchev–Trinajstić information content (AvgIpc) is 2.94. The number of guanidine groups is 1. The summed E-state index contributed by atoms with van der Waals surface area (Å²) < 4.78 is 0. The summed E-state index contributed by atoms with van der Waals surface area (Å²) in [5.74, 6) is 0.188. The smallest absolute Gasteiger partial charge is 0.251 e. The average molecular weight is 289 g/mol. The maximum Gasteiger partial charge on any atom is 0.251 e. The molecule has 1 amide bonds. The van der Waals surface area contributed by atoms with Crippen LogP contribution in [0.3, 0.4) is 0 Å². The van der Waals surface area contributed by atoms with E-state index in [4.69, 9.17) is 5.73 Å². The highest BCUT2D eigenvalue weighted by Gasteiger charge is 2.08. The van der Waals surface area contributed by atoms with E-state index < -0.39 is 0 Å². The molecule has 0 aliphatic carbocycles. The third-order valence-corrected chi connectivity index (χ3v) is 3.39. The quantitative estimate of drug-likeness (QED) is 0.590. The molecule has 20 heavy (non-hydrogen) atoms. The van der Waals surface area contributed by atoms with Gasteiger partial charge in [-0.3, -0.25) is 9.79 Å². The van der Waals surface area contributed by atoms with Crippen molar-refractivity contribution in [2.75, 3.05) is 19.4 Å². The highest BCUT2D eigenvalue weighted by atomic mass is 32.1. The number of aromatic nitrogens is 1. The van der Waals surface area contributed by atoms with Crippen LogP contribution in [-0.4, -0.2) is 30.9 Å². The number of nitrogens with zero attached hydrogens (tertiary/aromatic N) is 2. The molecular formula is C13H15N5OS. The number of rotatable bonds is 3. The normalized spacial score (nSPS) is 11.2. The van der Waals surface area contributed by atoms with Crippen molar-refractivity contribution in [3.8, 4) is 11.3 Å². The first-order valence-corrected chi connectivity index (χ1v) is 6.79. The summed E-state index contributed by atoms with van der Waals surface area (Å²) >= 11 is 1.42. The molecule has 0 spiro atoms. The molecule has 0 unspecified atom stereocenters. The highest BCUT2D eigenvalue weighted by Crippen LogP contribution is 2.25. The number of benzene rings is 1. The summed E-state index contributed by atoms with van der Waals surface area (Å²) in [7, 11) is 3.20. The van der Waals surface area contributed by atoms with E-state index in [1.54, 1.807) is 26.2 Å². The second kappa shape index (κ2) is 6.16. The Balaban J connectivity index is 2.26. The van der Waals surface area contributed by atoms with Crippen LogP contribution in [0, 0.1) is 0 Å². The molecule has 1 heterocycles. The molecule has 7 heteroatoms. The molecule has 2 aromatic rings. The van der Waals surface area contributed by atoms with Crippen LogP contribution in [0.5, 0.6) is 0 Å². The lowest BCUT2D eigenvalue weighted by atomic mass is 10.1.